The van der Waals surface area contributed by atoms with Crippen molar-refractivity contribution >= 4 is 5.97 Å². The van der Waals surface area contributed by atoms with Gasteiger partial charge in [0, 0.05) is 5.56 Å². The van der Waals surface area contributed by atoms with Crippen LogP contribution in [0.1, 0.15) is 17.0 Å². The average molecular weight is 254 g/mol. The third-order valence-electron chi connectivity index (χ3n) is 3.21. The fourth-order valence-corrected chi connectivity index (χ4v) is 2.19. The van der Waals surface area contributed by atoms with Gasteiger partial charge in [-0.1, -0.05) is 48.5 Å². The van der Waals surface area contributed by atoms with Crippen LogP contribution in [0.4, 0.5) is 0 Å². The lowest BCUT2D eigenvalue weighted by Crippen LogP contribution is -2.17. The minimum Gasteiger partial charge on any atom is -0.492 e. The molecule has 19 heavy (non-hydrogen) atoms. The molecule has 1 aliphatic rings. The fourth-order valence-electron chi connectivity index (χ4n) is 2.19. The van der Waals surface area contributed by atoms with Gasteiger partial charge in [-0.15, -0.1) is 0 Å². The Balaban J connectivity index is 1.66. The molecule has 0 spiro atoms. The van der Waals surface area contributed by atoms with Gasteiger partial charge in [-0.3, -0.25) is 4.79 Å². The second kappa shape index (κ2) is 5.14. The number of hydrogen-bond donors (Lipinski definition) is 0. The lowest BCUT2D eigenvalue weighted by atomic mass is 10.0. The number of esters is 1. The molecule has 96 valence electrons. The number of carbonyl (C=O) groups is 1. The van der Waals surface area contributed by atoms with E-state index in [1.54, 1.807) is 0 Å². The zero-order valence-corrected chi connectivity index (χ0v) is 10.4. The lowest BCUT2D eigenvalue weighted by molar-refractivity contribution is -0.147. The lowest BCUT2D eigenvalue weighted by Gasteiger charge is -2.09. The topological polar surface area (TPSA) is 35.5 Å². The maximum atomic E-state index is 12.1. The maximum absolute atomic E-state index is 12.1. The number of hydrogen-bond acceptors (Lipinski definition) is 3. The maximum Gasteiger partial charge on any atom is 0.317 e. The standard InChI is InChI=1S/C16H14O3/c17-16(19-10-12-6-2-1-3-7-12)14-11-18-15-9-5-4-8-13(14)15/h1-9,14H,10-11H2. The summed E-state index contributed by atoms with van der Waals surface area (Å²) in [5.41, 5.74) is 1.91. The highest BCUT2D eigenvalue weighted by atomic mass is 16.5. The number of fused-ring (bicyclic) bond motifs is 1. The zero-order valence-electron chi connectivity index (χ0n) is 10.4. The molecule has 0 N–H and O–H groups in total. The first-order valence-corrected chi connectivity index (χ1v) is 6.27. The highest BCUT2D eigenvalue weighted by Gasteiger charge is 2.31. The molecule has 3 heteroatoms. The molecule has 0 saturated carbocycles. The van der Waals surface area contributed by atoms with Crippen molar-refractivity contribution in [2.75, 3.05) is 6.61 Å². The molecule has 0 saturated heterocycles. The van der Waals surface area contributed by atoms with Gasteiger partial charge in [-0.2, -0.15) is 0 Å². The van der Waals surface area contributed by atoms with Gasteiger partial charge in [0.05, 0.1) is 0 Å². The van der Waals surface area contributed by atoms with E-state index in [4.69, 9.17) is 9.47 Å². The van der Waals surface area contributed by atoms with E-state index in [2.05, 4.69) is 0 Å². The molecule has 1 aliphatic heterocycles. The predicted molar refractivity (Wildman–Crippen MR) is 70.9 cm³/mol. The largest absolute Gasteiger partial charge is 0.492 e. The first kappa shape index (κ1) is 11.8. The summed E-state index contributed by atoms with van der Waals surface area (Å²) >= 11 is 0. The van der Waals surface area contributed by atoms with Crippen molar-refractivity contribution in [1.29, 1.82) is 0 Å². The van der Waals surface area contributed by atoms with Crippen molar-refractivity contribution in [2.45, 2.75) is 12.5 Å². The molecule has 0 amide bonds. The summed E-state index contributed by atoms with van der Waals surface area (Å²) in [6.45, 7) is 0.672. The van der Waals surface area contributed by atoms with Crippen LogP contribution in [0.25, 0.3) is 0 Å². The summed E-state index contributed by atoms with van der Waals surface area (Å²) in [6, 6.07) is 17.3. The van der Waals surface area contributed by atoms with Gasteiger partial charge < -0.3 is 9.47 Å². The molecule has 0 aromatic heterocycles. The van der Waals surface area contributed by atoms with Crippen LogP contribution in [-0.4, -0.2) is 12.6 Å². The van der Waals surface area contributed by atoms with E-state index < -0.39 is 0 Å². The molecule has 0 fully saturated rings. The molecular formula is C16H14O3. The van der Waals surface area contributed by atoms with Crippen LogP contribution in [0.3, 0.4) is 0 Å². The summed E-state index contributed by atoms with van der Waals surface area (Å²) in [4.78, 5) is 12.1. The number of ether oxygens (including phenoxy) is 2. The number of carbonyl (C=O) groups excluding carboxylic acids is 1. The van der Waals surface area contributed by atoms with Crippen LogP contribution in [0.2, 0.25) is 0 Å². The van der Waals surface area contributed by atoms with Crippen molar-refractivity contribution < 1.29 is 14.3 Å². The van der Waals surface area contributed by atoms with Gasteiger partial charge in [0.25, 0.3) is 0 Å². The second-order valence-corrected chi connectivity index (χ2v) is 4.49. The van der Waals surface area contributed by atoms with Crippen molar-refractivity contribution in [2.24, 2.45) is 0 Å². The molecule has 1 unspecified atom stereocenters. The molecule has 1 heterocycles. The van der Waals surface area contributed by atoms with Crippen molar-refractivity contribution in [1.82, 2.24) is 0 Å². The van der Waals surface area contributed by atoms with E-state index in [-0.39, 0.29) is 11.9 Å². The Kier molecular flexibility index (Phi) is 3.19. The van der Waals surface area contributed by atoms with Crippen LogP contribution in [0.15, 0.2) is 54.6 Å². The highest BCUT2D eigenvalue weighted by Crippen LogP contribution is 2.34. The monoisotopic (exact) mass is 254 g/mol. The molecule has 3 rings (SSSR count). The Morgan fingerprint density at radius 2 is 1.84 bits per heavy atom. The average Bonchev–Trinajstić information content (AvgIpc) is 2.90. The van der Waals surface area contributed by atoms with Crippen LogP contribution in [-0.2, 0) is 16.1 Å². The molecular weight excluding hydrogens is 240 g/mol. The minimum atomic E-state index is -0.306. The second-order valence-electron chi connectivity index (χ2n) is 4.49. The van der Waals surface area contributed by atoms with E-state index in [9.17, 15) is 4.79 Å². The SMILES string of the molecule is O=C(OCc1ccccc1)C1COc2ccccc21. The number of benzene rings is 2. The fraction of sp³-hybridized carbons (Fsp3) is 0.188. The third-order valence-corrected chi connectivity index (χ3v) is 3.21. The molecule has 2 aromatic carbocycles. The quantitative estimate of drug-likeness (QED) is 0.790. The van der Waals surface area contributed by atoms with Crippen molar-refractivity contribution in [3.8, 4) is 5.75 Å². The van der Waals surface area contributed by atoms with Gasteiger partial charge in [0.1, 0.15) is 24.9 Å². The van der Waals surface area contributed by atoms with Gasteiger partial charge >= 0.3 is 5.97 Å². The zero-order chi connectivity index (χ0) is 13.1. The molecule has 1 atom stereocenters. The summed E-state index contributed by atoms with van der Waals surface area (Å²) in [7, 11) is 0. The highest BCUT2D eigenvalue weighted by molar-refractivity contribution is 5.80. The predicted octanol–water partition coefficient (Wildman–Crippen LogP) is 2.91. The Bertz CT molecular complexity index is 578. The Morgan fingerprint density at radius 1 is 1.11 bits per heavy atom. The van der Waals surface area contributed by atoms with Crippen molar-refractivity contribution in [3.05, 3.63) is 65.7 Å². The Labute approximate surface area is 111 Å². The van der Waals surface area contributed by atoms with E-state index >= 15 is 0 Å². The first-order valence-electron chi connectivity index (χ1n) is 6.27. The smallest absolute Gasteiger partial charge is 0.317 e. The first-order chi connectivity index (χ1) is 9.34. The van der Waals surface area contributed by atoms with Crippen LogP contribution in [0, 0.1) is 0 Å². The van der Waals surface area contributed by atoms with Crippen LogP contribution < -0.4 is 4.74 Å². The molecule has 3 nitrogen and oxygen atoms in total. The van der Waals surface area contributed by atoms with Gasteiger partial charge in [-0.05, 0) is 11.6 Å². The number of para-hydroxylation sites is 1. The summed E-state index contributed by atoms with van der Waals surface area (Å²) in [6.07, 6.45) is 0. The van der Waals surface area contributed by atoms with Crippen LogP contribution in [0.5, 0.6) is 5.75 Å². The summed E-state index contributed by atoms with van der Waals surface area (Å²) < 4.78 is 10.8. The van der Waals surface area contributed by atoms with Crippen molar-refractivity contribution in [3.63, 3.8) is 0 Å². The molecule has 0 aliphatic carbocycles. The normalized spacial score (nSPS) is 16.5. The third kappa shape index (κ3) is 2.45. The minimum absolute atomic E-state index is 0.228. The van der Waals surface area contributed by atoms with E-state index in [1.165, 1.54) is 0 Å². The number of rotatable bonds is 3. The van der Waals surface area contributed by atoms with Gasteiger partial charge in [0.15, 0.2) is 0 Å². The van der Waals surface area contributed by atoms with Gasteiger partial charge in [-0.25, -0.2) is 0 Å². The van der Waals surface area contributed by atoms with Crippen LogP contribution >= 0.6 is 0 Å². The van der Waals surface area contributed by atoms with E-state index in [1.807, 2.05) is 54.6 Å². The molecule has 0 radical (unpaired) electrons. The Morgan fingerprint density at radius 3 is 2.68 bits per heavy atom. The summed E-state index contributed by atoms with van der Waals surface area (Å²) in [5.74, 6) is 0.248. The summed E-state index contributed by atoms with van der Waals surface area (Å²) in [5, 5.41) is 0. The van der Waals surface area contributed by atoms with E-state index in [0.29, 0.717) is 13.2 Å². The van der Waals surface area contributed by atoms with Gasteiger partial charge in [0.2, 0.25) is 0 Å². The van der Waals surface area contributed by atoms with E-state index in [0.717, 1.165) is 16.9 Å². The molecule has 0 bridgehead atoms. The Hall–Kier alpha value is -2.29. The molecule has 2 aromatic rings.